The first kappa shape index (κ1) is 12.1. The molecule has 2 heterocycles. The highest BCUT2D eigenvalue weighted by molar-refractivity contribution is 5.95. The van der Waals surface area contributed by atoms with E-state index in [4.69, 9.17) is 0 Å². The fourth-order valence-electron chi connectivity index (χ4n) is 2.14. The lowest BCUT2D eigenvalue weighted by Crippen LogP contribution is -2.32. The van der Waals surface area contributed by atoms with Crippen LogP contribution in [-0.4, -0.2) is 53.9 Å². The molecular weight excluding hydrogens is 216 g/mol. The third kappa shape index (κ3) is 3.57. The van der Waals surface area contributed by atoms with E-state index in [1.807, 2.05) is 7.05 Å². The van der Waals surface area contributed by atoms with Gasteiger partial charge in [-0.3, -0.25) is 14.7 Å². The highest BCUT2D eigenvalue weighted by atomic mass is 16.1. The fourth-order valence-corrected chi connectivity index (χ4v) is 2.14. The van der Waals surface area contributed by atoms with Crippen molar-refractivity contribution in [1.29, 1.82) is 0 Å². The molecule has 0 bridgehead atoms. The average Bonchev–Trinajstić information content (AvgIpc) is 2.82. The Morgan fingerprint density at radius 1 is 1.59 bits per heavy atom. The molecule has 2 rings (SSSR count). The summed E-state index contributed by atoms with van der Waals surface area (Å²) in [5.41, 5.74) is 0.448. The molecular formula is C12H18N4O. The normalized spacial score (nSPS) is 19.8. The van der Waals surface area contributed by atoms with Crippen LogP contribution in [0.4, 0.5) is 0 Å². The second-order valence-corrected chi connectivity index (χ2v) is 4.57. The smallest absolute Gasteiger partial charge is 0.196 e. The molecule has 1 saturated heterocycles. The molecule has 0 aliphatic carbocycles. The van der Waals surface area contributed by atoms with Gasteiger partial charge in [0, 0.05) is 18.9 Å². The van der Waals surface area contributed by atoms with Crippen LogP contribution in [0.2, 0.25) is 0 Å². The van der Waals surface area contributed by atoms with Crippen molar-refractivity contribution in [2.75, 3.05) is 33.2 Å². The number of carbonyl (C=O) groups is 1. The Hall–Kier alpha value is -1.33. The van der Waals surface area contributed by atoms with Crippen LogP contribution in [0.25, 0.3) is 0 Å². The number of Topliss-reactive ketones (excluding diaryl/α,β-unsaturated/α-hetero) is 1. The Morgan fingerprint density at radius 2 is 2.47 bits per heavy atom. The van der Waals surface area contributed by atoms with E-state index in [1.54, 1.807) is 12.4 Å². The number of rotatable bonds is 5. The van der Waals surface area contributed by atoms with E-state index in [-0.39, 0.29) is 5.78 Å². The second kappa shape index (κ2) is 5.84. The standard InChI is InChI=1S/C12H18N4O/c1-16(8-10-2-3-13-6-10)9-12(17)11-7-14-4-5-15-11/h4-5,7,10,13H,2-3,6,8-9H2,1H3/t10-/m0/s1. The van der Waals surface area contributed by atoms with Gasteiger partial charge in [0.1, 0.15) is 5.69 Å². The average molecular weight is 234 g/mol. The molecule has 1 aliphatic heterocycles. The van der Waals surface area contributed by atoms with Gasteiger partial charge >= 0.3 is 0 Å². The Bertz CT molecular complexity index is 362. The van der Waals surface area contributed by atoms with E-state index in [1.165, 1.54) is 12.6 Å². The molecule has 92 valence electrons. The van der Waals surface area contributed by atoms with Crippen molar-refractivity contribution in [3.8, 4) is 0 Å². The molecule has 17 heavy (non-hydrogen) atoms. The Morgan fingerprint density at radius 3 is 3.12 bits per heavy atom. The van der Waals surface area contributed by atoms with Crippen LogP contribution in [0.1, 0.15) is 16.9 Å². The van der Waals surface area contributed by atoms with Crippen molar-refractivity contribution in [3.05, 3.63) is 24.3 Å². The van der Waals surface area contributed by atoms with Gasteiger partial charge in [-0.1, -0.05) is 0 Å². The zero-order chi connectivity index (χ0) is 12.1. The van der Waals surface area contributed by atoms with Crippen LogP contribution in [0.3, 0.4) is 0 Å². The quantitative estimate of drug-likeness (QED) is 0.738. The molecule has 0 radical (unpaired) electrons. The molecule has 5 nitrogen and oxygen atoms in total. The van der Waals surface area contributed by atoms with E-state index < -0.39 is 0 Å². The summed E-state index contributed by atoms with van der Waals surface area (Å²) in [6.07, 6.45) is 5.84. The number of nitrogens with one attached hydrogen (secondary N) is 1. The van der Waals surface area contributed by atoms with Gasteiger partial charge in [-0.05, 0) is 32.5 Å². The van der Waals surface area contributed by atoms with Gasteiger partial charge in [0.25, 0.3) is 0 Å². The molecule has 1 aromatic rings. The van der Waals surface area contributed by atoms with Crippen molar-refractivity contribution in [3.63, 3.8) is 0 Å². The first-order chi connectivity index (χ1) is 8.25. The summed E-state index contributed by atoms with van der Waals surface area (Å²) in [6.45, 7) is 3.52. The molecule has 1 aromatic heterocycles. The van der Waals surface area contributed by atoms with E-state index >= 15 is 0 Å². The van der Waals surface area contributed by atoms with Gasteiger partial charge in [0.05, 0.1) is 12.7 Å². The van der Waals surface area contributed by atoms with Crippen molar-refractivity contribution in [2.24, 2.45) is 5.92 Å². The number of carbonyl (C=O) groups excluding carboxylic acids is 1. The lowest BCUT2D eigenvalue weighted by atomic mass is 10.1. The van der Waals surface area contributed by atoms with Gasteiger partial charge in [0.2, 0.25) is 0 Å². The lowest BCUT2D eigenvalue weighted by Gasteiger charge is -2.19. The van der Waals surface area contributed by atoms with Crippen LogP contribution >= 0.6 is 0 Å². The number of ketones is 1. The van der Waals surface area contributed by atoms with E-state index in [0.717, 1.165) is 19.6 Å². The van der Waals surface area contributed by atoms with E-state index in [2.05, 4.69) is 20.2 Å². The molecule has 5 heteroatoms. The maximum atomic E-state index is 11.9. The zero-order valence-corrected chi connectivity index (χ0v) is 10.1. The maximum absolute atomic E-state index is 11.9. The highest BCUT2D eigenvalue weighted by Gasteiger charge is 2.18. The SMILES string of the molecule is CN(CC(=O)c1cnccn1)C[C@H]1CCNC1. The maximum Gasteiger partial charge on any atom is 0.196 e. The Kier molecular flexibility index (Phi) is 4.17. The van der Waals surface area contributed by atoms with Crippen molar-refractivity contribution < 1.29 is 4.79 Å². The topological polar surface area (TPSA) is 58.1 Å². The first-order valence-corrected chi connectivity index (χ1v) is 5.94. The Labute approximate surface area is 101 Å². The summed E-state index contributed by atoms with van der Waals surface area (Å²) in [7, 11) is 1.98. The number of aromatic nitrogens is 2. The third-order valence-corrected chi connectivity index (χ3v) is 2.99. The number of nitrogens with zero attached hydrogens (tertiary/aromatic N) is 3. The summed E-state index contributed by atoms with van der Waals surface area (Å²) in [4.78, 5) is 21.9. The number of likely N-dealkylation sites (N-methyl/N-ethyl adjacent to an activating group) is 1. The molecule has 1 atom stereocenters. The van der Waals surface area contributed by atoms with Crippen LogP contribution in [-0.2, 0) is 0 Å². The van der Waals surface area contributed by atoms with Crippen LogP contribution in [0.5, 0.6) is 0 Å². The zero-order valence-electron chi connectivity index (χ0n) is 10.1. The van der Waals surface area contributed by atoms with Gasteiger partial charge in [-0.2, -0.15) is 0 Å². The summed E-state index contributed by atoms with van der Waals surface area (Å²) >= 11 is 0. The molecule has 1 aliphatic rings. The van der Waals surface area contributed by atoms with E-state index in [9.17, 15) is 4.79 Å². The first-order valence-electron chi connectivity index (χ1n) is 5.94. The summed E-state index contributed by atoms with van der Waals surface area (Å²) in [6, 6.07) is 0. The van der Waals surface area contributed by atoms with Crippen molar-refractivity contribution >= 4 is 5.78 Å². The van der Waals surface area contributed by atoms with Gasteiger partial charge in [-0.15, -0.1) is 0 Å². The fraction of sp³-hybridized carbons (Fsp3) is 0.583. The minimum absolute atomic E-state index is 0.0338. The van der Waals surface area contributed by atoms with Gasteiger partial charge < -0.3 is 5.32 Å². The number of hydrogen-bond donors (Lipinski definition) is 1. The molecule has 0 unspecified atom stereocenters. The Balaban J connectivity index is 1.81. The molecule has 1 N–H and O–H groups in total. The molecule has 0 amide bonds. The molecule has 1 fully saturated rings. The minimum atomic E-state index is 0.0338. The predicted molar refractivity (Wildman–Crippen MR) is 64.8 cm³/mol. The predicted octanol–water partition coefficient (Wildman–Crippen LogP) is 0.201. The monoisotopic (exact) mass is 234 g/mol. The van der Waals surface area contributed by atoms with Gasteiger partial charge in [0.15, 0.2) is 5.78 Å². The van der Waals surface area contributed by atoms with Crippen molar-refractivity contribution in [2.45, 2.75) is 6.42 Å². The summed E-state index contributed by atoms with van der Waals surface area (Å²) in [5, 5.41) is 3.33. The molecule has 0 spiro atoms. The van der Waals surface area contributed by atoms with E-state index in [0.29, 0.717) is 18.2 Å². The minimum Gasteiger partial charge on any atom is -0.316 e. The van der Waals surface area contributed by atoms with Crippen molar-refractivity contribution in [1.82, 2.24) is 20.2 Å². The third-order valence-electron chi connectivity index (χ3n) is 2.99. The van der Waals surface area contributed by atoms with Crippen LogP contribution in [0.15, 0.2) is 18.6 Å². The largest absolute Gasteiger partial charge is 0.316 e. The highest BCUT2D eigenvalue weighted by Crippen LogP contribution is 2.08. The van der Waals surface area contributed by atoms with Gasteiger partial charge in [-0.25, -0.2) is 4.98 Å². The molecule has 0 aromatic carbocycles. The molecule has 0 saturated carbocycles. The summed E-state index contributed by atoms with van der Waals surface area (Å²) < 4.78 is 0. The lowest BCUT2D eigenvalue weighted by molar-refractivity contribution is 0.0934. The second-order valence-electron chi connectivity index (χ2n) is 4.57. The number of hydrogen-bond acceptors (Lipinski definition) is 5. The van der Waals surface area contributed by atoms with Crippen LogP contribution < -0.4 is 5.32 Å². The summed E-state index contributed by atoms with van der Waals surface area (Å²) in [5.74, 6) is 0.696. The van der Waals surface area contributed by atoms with Crippen LogP contribution in [0, 0.1) is 5.92 Å².